The zero-order valence-corrected chi connectivity index (χ0v) is 15.5. The third-order valence-corrected chi connectivity index (χ3v) is 5.47. The predicted octanol–water partition coefficient (Wildman–Crippen LogP) is -1.42. The van der Waals surface area contributed by atoms with Gasteiger partial charge in [0.1, 0.15) is 18.3 Å². The molecule has 1 aromatic heterocycles. The summed E-state index contributed by atoms with van der Waals surface area (Å²) in [5.74, 6) is -1.61. The fourth-order valence-corrected chi connectivity index (χ4v) is 3.59. The maximum atomic E-state index is 12.3. The molecule has 1 aromatic carbocycles. The summed E-state index contributed by atoms with van der Waals surface area (Å²) in [6.07, 6.45) is -5.53. The highest BCUT2D eigenvalue weighted by atomic mass is 32.2. The molecule has 1 saturated heterocycles. The average molecular weight is 426 g/mol. The number of rotatable bonds is 6. The normalized spacial score (nSPS) is 27.2. The van der Waals surface area contributed by atoms with Crippen molar-refractivity contribution in [3.63, 3.8) is 0 Å². The van der Waals surface area contributed by atoms with Gasteiger partial charge in [0, 0.05) is 18.1 Å². The van der Waals surface area contributed by atoms with E-state index in [1.165, 1.54) is 42.7 Å². The molecule has 0 amide bonds. The van der Waals surface area contributed by atoms with E-state index in [1.54, 1.807) is 0 Å². The first-order valence-electron chi connectivity index (χ1n) is 8.28. The van der Waals surface area contributed by atoms with Crippen molar-refractivity contribution in [1.29, 1.82) is 0 Å². The van der Waals surface area contributed by atoms with Gasteiger partial charge in [-0.3, -0.25) is 0 Å². The van der Waals surface area contributed by atoms with E-state index in [0.29, 0.717) is 0 Å². The lowest BCUT2D eigenvalue weighted by molar-refractivity contribution is -0.221. The number of carboxylic acids is 1. The van der Waals surface area contributed by atoms with Gasteiger partial charge in [0.25, 0.3) is 10.0 Å². The van der Waals surface area contributed by atoms with Crippen LogP contribution in [-0.2, 0) is 19.6 Å². The topological polar surface area (TPSA) is 191 Å². The van der Waals surface area contributed by atoms with Crippen molar-refractivity contribution in [2.75, 3.05) is 10.0 Å². The van der Waals surface area contributed by atoms with Gasteiger partial charge in [-0.2, -0.15) is 0 Å². The Bertz CT molecular complexity index is 957. The SMILES string of the molecule is O=C(O)C1OC(Nc2ccc(S(=O)(=O)Nc3ncccn3)cc2)C(O)C(O)C1O. The number of hydrogen-bond donors (Lipinski definition) is 6. The molecule has 6 N–H and O–H groups in total. The smallest absolute Gasteiger partial charge is 0.335 e. The quantitative estimate of drug-likeness (QED) is 0.318. The molecule has 0 bridgehead atoms. The van der Waals surface area contributed by atoms with Crippen LogP contribution in [-0.4, -0.2) is 75.4 Å². The summed E-state index contributed by atoms with van der Waals surface area (Å²) in [5.41, 5.74) is 0.275. The van der Waals surface area contributed by atoms with Crippen LogP contribution in [0.15, 0.2) is 47.6 Å². The van der Waals surface area contributed by atoms with Crippen LogP contribution in [0.4, 0.5) is 11.6 Å². The molecule has 1 aliphatic heterocycles. The molecular formula is C16H18N4O8S. The molecule has 0 aliphatic carbocycles. The number of aliphatic hydroxyl groups is 3. The van der Waals surface area contributed by atoms with E-state index in [4.69, 9.17) is 9.84 Å². The Hall–Kier alpha value is -2.84. The van der Waals surface area contributed by atoms with E-state index in [0.717, 1.165) is 0 Å². The number of aliphatic hydroxyl groups excluding tert-OH is 3. The molecule has 13 heteroatoms. The molecule has 5 unspecified atom stereocenters. The van der Waals surface area contributed by atoms with Crippen LogP contribution < -0.4 is 10.0 Å². The monoisotopic (exact) mass is 426 g/mol. The molecule has 0 spiro atoms. The number of anilines is 2. The lowest BCUT2D eigenvalue weighted by atomic mass is 9.98. The number of aliphatic carboxylic acids is 1. The molecule has 29 heavy (non-hydrogen) atoms. The minimum atomic E-state index is -3.94. The third-order valence-electron chi connectivity index (χ3n) is 4.12. The molecule has 1 aliphatic rings. The highest BCUT2D eigenvalue weighted by molar-refractivity contribution is 7.92. The van der Waals surface area contributed by atoms with E-state index in [9.17, 15) is 28.5 Å². The van der Waals surface area contributed by atoms with Gasteiger partial charge in [0.05, 0.1) is 4.90 Å². The Kier molecular flexibility index (Phi) is 5.95. The number of nitrogens with zero attached hydrogens (tertiary/aromatic N) is 2. The van der Waals surface area contributed by atoms with Gasteiger partial charge in [-0.05, 0) is 30.3 Å². The van der Waals surface area contributed by atoms with Crippen molar-refractivity contribution in [2.24, 2.45) is 0 Å². The molecular weight excluding hydrogens is 408 g/mol. The molecule has 0 radical (unpaired) electrons. The summed E-state index contributed by atoms with van der Waals surface area (Å²) in [5, 5.41) is 41.2. The maximum Gasteiger partial charge on any atom is 0.335 e. The first kappa shape index (κ1) is 20.9. The van der Waals surface area contributed by atoms with Crippen LogP contribution >= 0.6 is 0 Å². The predicted molar refractivity (Wildman–Crippen MR) is 97.2 cm³/mol. The Morgan fingerprint density at radius 1 is 1.00 bits per heavy atom. The van der Waals surface area contributed by atoms with Crippen molar-refractivity contribution < 1.29 is 38.4 Å². The van der Waals surface area contributed by atoms with E-state index in [1.807, 2.05) is 0 Å². The van der Waals surface area contributed by atoms with Crippen molar-refractivity contribution in [3.05, 3.63) is 42.7 Å². The van der Waals surface area contributed by atoms with Crippen molar-refractivity contribution in [3.8, 4) is 0 Å². The van der Waals surface area contributed by atoms with Gasteiger partial charge >= 0.3 is 5.97 Å². The van der Waals surface area contributed by atoms with Gasteiger partial charge < -0.3 is 30.5 Å². The molecule has 2 aromatic rings. The maximum absolute atomic E-state index is 12.3. The summed E-state index contributed by atoms with van der Waals surface area (Å²) in [4.78, 5) is 18.6. The van der Waals surface area contributed by atoms with Crippen LogP contribution in [0.5, 0.6) is 0 Å². The number of ether oxygens (including phenoxy) is 1. The molecule has 156 valence electrons. The number of hydrogen-bond acceptors (Lipinski definition) is 10. The third kappa shape index (κ3) is 4.60. The second-order valence-electron chi connectivity index (χ2n) is 6.13. The second kappa shape index (κ2) is 8.26. The van der Waals surface area contributed by atoms with Gasteiger partial charge in [0.2, 0.25) is 5.95 Å². The number of carboxylic acid groups (broad SMARTS) is 1. The van der Waals surface area contributed by atoms with E-state index in [2.05, 4.69) is 20.0 Å². The molecule has 2 heterocycles. The van der Waals surface area contributed by atoms with Crippen LogP contribution in [0.2, 0.25) is 0 Å². The van der Waals surface area contributed by atoms with Crippen LogP contribution in [0.3, 0.4) is 0 Å². The first-order chi connectivity index (χ1) is 13.7. The van der Waals surface area contributed by atoms with Crippen molar-refractivity contribution in [2.45, 2.75) is 35.5 Å². The fraction of sp³-hybridized carbons (Fsp3) is 0.312. The zero-order chi connectivity index (χ0) is 21.2. The minimum Gasteiger partial charge on any atom is -0.479 e. The number of benzene rings is 1. The van der Waals surface area contributed by atoms with Crippen LogP contribution in [0.25, 0.3) is 0 Å². The Morgan fingerprint density at radius 3 is 2.21 bits per heavy atom. The molecule has 0 saturated carbocycles. The summed E-state index contributed by atoms with van der Waals surface area (Å²) in [6, 6.07) is 6.74. The number of carbonyl (C=O) groups is 1. The van der Waals surface area contributed by atoms with E-state index < -0.39 is 46.6 Å². The van der Waals surface area contributed by atoms with Gasteiger partial charge in [-0.1, -0.05) is 0 Å². The number of sulfonamides is 1. The number of nitrogens with one attached hydrogen (secondary N) is 2. The highest BCUT2D eigenvalue weighted by Gasteiger charge is 2.46. The average Bonchev–Trinajstić information content (AvgIpc) is 2.69. The van der Waals surface area contributed by atoms with Crippen molar-refractivity contribution >= 4 is 27.6 Å². The zero-order valence-electron chi connectivity index (χ0n) is 14.7. The largest absolute Gasteiger partial charge is 0.479 e. The fourth-order valence-electron chi connectivity index (χ4n) is 2.63. The summed E-state index contributed by atoms with van der Waals surface area (Å²) < 4.78 is 32.0. The highest BCUT2D eigenvalue weighted by Crippen LogP contribution is 2.24. The lowest BCUT2D eigenvalue weighted by Crippen LogP contribution is -2.61. The Morgan fingerprint density at radius 2 is 1.62 bits per heavy atom. The molecule has 3 rings (SSSR count). The van der Waals surface area contributed by atoms with E-state index >= 15 is 0 Å². The second-order valence-corrected chi connectivity index (χ2v) is 7.82. The summed E-state index contributed by atoms with van der Waals surface area (Å²) >= 11 is 0. The standard InChI is InChI=1S/C16H18N4O8S/c21-10-11(22)13(15(24)25)28-14(12(10)23)19-8-2-4-9(5-3-8)29(26,27)20-16-17-6-1-7-18-16/h1-7,10-14,19,21-23H,(H,24,25)(H,17,18,20). The Labute approximate surface area is 164 Å². The van der Waals surface area contributed by atoms with Gasteiger partial charge in [-0.25, -0.2) is 27.9 Å². The van der Waals surface area contributed by atoms with Gasteiger partial charge in [0.15, 0.2) is 12.3 Å². The van der Waals surface area contributed by atoms with Crippen LogP contribution in [0.1, 0.15) is 0 Å². The van der Waals surface area contributed by atoms with Crippen LogP contribution in [0, 0.1) is 0 Å². The first-order valence-corrected chi connectivity index (χ1v) is 9.76. The lowest BCUT2D eigenvalue weighted by Gasteiger charge is -2.39. The summed E-state index contributed by atoms with van der Waals surface area (Å²) in [6.45, 7) is 0. The van der Waals surface area contributed by atoms with Crippen molar-refractivity contribution in [1.82, 2.24) is 9.97 Å². The Balaban J connectivity index is 1.72. The van der Waals surface area contributed by atoms with E-state index in [-0.39, 0.29) is 16.5 Å². The minimum absolute atomic E-state index is 0.0966. The summed E-state index contributed by atoms with van der Waals surface area (Å²) in [7, 11) is -3.94. The molecule has 12 nitrogen and oxygen atoms in total. The number of aromatic nitrogens is 2. The molecule has 1 fully saturated rings. The molecule has 5 atom stereocenters. The van der Waals surface area contributed by atoms with Gasteiger partial charge in [-0.15, -0.1) is 0 Å².